The molecule has 0 bridgehead atoms. The molecule has 2 heterocycles. The largest absolute Gasteiger partial charge is 0.416 e. The van der Waals surface area contributed by atoms with Crippen LogP contribution < -0.4 is 10.9 Å². The lowest BCUT2D eigenvalue weighted by Crippen LogP contribution is -2.45. The molecule has 2 amide bonds. The van der Waals surface area contributed by atoms with Crippen molar-refractivity contribution in [3.8, 4) is 0 Å². The second-order valence-electron chi connectivity index (χ2n) is 6.73. The number of rotatable bonds is 4. The Morgan fingerprint density at radius 2 is 1.90 bits per heavy atom. The van der Waals surface area contributed by atoms with Crippen molar-refractivity contribution in [2.45, 2.75) is 19.3 Å². The summed E-state index contributed by atoms with van der Waals surface area (Å²) in [6, 6.07) is 5.31. The molecule has 0 atom stereocenters. The molecule has 1 aromatic carbocycles. The molecule has 0 fully saturated rings. The van der Waals surface area contributed by atoms with Gasteiger partial charge in [0.05, 0.1) is 23.1 Å². The van der Waals surface area contributed by atoms with Gasteiger partial charge in [-0.2, -0.15) is 13.2 Å². The summed E-state index contributed by atoms with van der Waals surface area (Å²) < 4.78 is 53.5. The van der Waals surface area contributed by atoms with Crippen LogP contribution in [-0.4, -0.2) is 34.4 Å². The number of hydrogen-bond acceptors (Lipinski definition) is 3. The van der Waals surface area contributed by atoms with Gasteiger partial charge in [0.2, 0.25) is 11.8 Å². The highest BCUT2D eigenvalue weighted by molar-refractivity contribution is 9.10. The first kappa shape index (κ1) is 22.7. The first-order valence-corrected chi connectivity index (χ1v) is 9.84. The quantitative estimate of drug-likeness (QED) is 0.517. The van der Waals surface area contributed by atoms with E-state index in [1.54, 1.807) is 16.7 Å². The number of aromatic nitrogens is 1. The lowest BCUT2D eigenvalue weighted by Gasteiger charge is -2.30. The number of nitrogens with zero attached hydrogens (tertiary/aromatic N) is 2. The molecule has 1 N–H and O–H groups in total. The fourth-order valence-corrected chi connectivity index (χ4v) is 3.37. The molecule has 0 aliphatic carbocycles. The number of pyridine rings is 1. The fourth-order valence-electron chi connectivity index (χ4n) is 3.02. The number of amides is 2. The molecule has 1 aromatic heterocycles. The summed E-state index contributed by atoms with van der Waals surface area (Å²) in [5, 5.41) is 2.35. The third kappa shape index (κ3) is 5.40. The van der Waals surface area contributed by atoms with Crippen molar-refractivity contribution in [2.24, 2.45) is 0 Å². The molecule has 11 heteroatoms. The molecule has 164 valence electrons. The minimum absolute atomic E-state index is 0.182. The maximum Gasteiger partial charge on any atom is 0.416 e. The Morgan fingerprint density at radius 3 is 2.58 bits per heavy atom. The third-order valence-electron chi connectivity index (χ3n) is 4.67. The van der Waals surface area contributed by atoms with Gasteiger partial charge in [0, 0.05) is 30.4 Å². The summed E-state index contributed by atoms with van der Waals surface area (Å²) in [7, 11) is 0. The molecular formula is C20H16BrF4N3O3. The summed E-state index contributed by atoms with van der Waals surface area (Å²) in [5.74, 6) is -2.20. The molecule has 1 aliphatic heterocycles. The summed E-state index contributed by atoms with van der Waals surface area (Å²) in [6.07, 6.45) is -2.71. The molecule has 0 spiro atoms. The SMILES string of the molecule is O=C(/C=C/c1ccc(C(F)(F)F)cc1F)NCC(=O)N1CCn2c(ccc(Br)c2=O)C1. The van der Waals surface area contributed by atoms with Gasteiger partial charge in [-0.25, -0.2) is 4.39 Å². The Morgan fingerprint density at radius 1 is 1.16 bits per heavy atom. The van der Waals surface area contributed by atoms with E-state index in [-0.39, 0.29) is 30.1 Å². The Bertz CT molecular complexity index is 1110. The predicted molar refractivity (Wildman–Crippen MR) is 107 cm³/mol. The van der Waals surface area contributed by atoms with Gasteiger partial charge >= 0.3 is 6.18 Å². The zero-order valence-corrected chi connectivity index (χ0v) is 17.5. The first-order chi connectivity index (χ1) is 14.6. The zero-order valence-electron chi connectivity index (χ0n) is 15.9. The van der Waals surface area contributed by atoms with E-state index in [4.69, 9.17) is 0 Å². The van der Waals surface area contributed by atoms with E-state index in [1.807, 2.05) is 0 Å². The molecule has 1 aliphatic rings. The van der Waals surface area contributed by atoms with Gasteiger partial charge in [0.1, 0.15) is 5.82 Å². The molecular weight excluding hydrogens is 486 g/mol. The number of hydrogen-bond donors (Lipinski definition) is 1. The van der Waals surface area contributed by atoms with Crippen LogP contribution in [0, 0.1) is 5.82 Å². The van der Waals surface area contributed by atoms with Crippen LogP contribution in [0.5, 0.6) is 0 Å². The van der Waals surface area contributed by atoms with Crippen molar-refractivity contribution in [1.29, 1.82) is 0 Å². The molecule has 6 nitrogen and oxygen atoms in total. The van der Waals surface area contributed by atoms with Crippen molar-refractivity contribution in [2.75, 3.05) is 13.1 Å². The van der Waals surface area contributed by atoms with E-state index in [1.165, 1.54) is 4.90 Å². The number of halogens is 5. The fraction of sp³-hybridized carbons (Fsp3) is 0.250. The summed E-state index contributed by atoms with van der Waals surface area (Å²) in [4.78, 5) is 37.8. The topological polar surface area (TPSA) is 71.4 Å². The molecule has 0 radical (unpaired) electrons. The van der Waals surface area contributed by atoms with Gasteiger partial charge in [-0.3, -0.25) is 14.4 Å². The maximum absolute atomic E-state index is 13.8. The number of carbonyl (C=O) groups is 2. The van der Waals surface area contributed by atoms with Gasteiger partial charge in [-0.15, -0.1) is 0 Å². The molecule has 3 rings (SSSR count). The second kappa shape index (κ2) is 9.04. The van der Waals surface area contributed by atoms with Crippen molar-refractivity contribution in [3.05, 3.63) is 73.9 Å². The third-order valence-corrected chi connectivity index (χ3v) is 5.28. The smallest absolute Gasteiger partial charge is 0.343 e. The van der Waals surface area contributed by atoms with Crippen molar-refractivity contribution in [1.82, 2.24) is 14.8 Å². The minimum Gasteiger partial charge on any atom is -0.343 e. The molecule has 31 heavy (non-hydrogen) atoms. The standard InChI is InChI=1S/C20H16BrF4N3O3/c21-15-5-4-14-11-27(7-8-28(14)19(15)31)18(30)10-26-17(29)6-2-12-1-3-13(9-16(12)22)20(23,24)25/h1-6,9H,7-8,10-11H2,(H,26,29)/b6-2+. The van der Waals surface area contributed by atoms with Gasteiger partial charge in [0.25, 0.3) is 5.56 Å². The van der Waals surface area contributed by atoms with Crippen LogP contribution in [0.25, 0.3) is 6.08 Å². The Labute approximate surface area is 182 Å². The maximum atomic E-state index is 13.8. The first-order valence-electron chi connectivity index (χ1n) is 9.05. The summed E-state index contributed by atoms with van der Waals surface area (Å²) in [6.45, 7) is 0.508. The van der Waals surface area contributed by atoms with Crippen LogP contribution in [0.4, 0.5) is 17.6 Å². The van der Waals surface area contributed by atoms with E-state index < -0.39 is 23.5 Å². The molecule has 2 aromatic rings. The minimum atomic E-state index is -4.67. The van der Waals surface area contributed by atoms with Gasteiger partial charge in [0.15, 0.2) is 0 Å². The summed E-state index contributed by atoms with van der Waals surface area (Å²) in [5.41, 5.74) is -0.844. The van der Waals surface area contributed by atoms with Crippen LogP contribution in [0.2, 0.25) is 0 Å². The Hall–Kier alpha value is -2.95. The van der Waals surface area contributed by atoms with Crippen molar-refractivity contribution in [3.63, 3.8) is 0 Å². The monoisotopic (exact) mass is 501 g/mol. The van der Waals surface area contributed by atoms with Gasteiger partial charge < -0.3 is 14.8 Å². The summed E-state index contributed by atoms with van der Waals surface area (Å²) >= 11 is 3.17. The highest BCUT2D eigenvalue weighted by Crippen LogP contribution is 2.30. The van der Waals surface area contributed by atoms with E-state index in [9.17, 15) is 31.9 Å². The Kier molecular flexibility index (Phi) is 6.63. The second-order valence-corrected chi connectivity index (χ2v) is 7.58. The number of fused-ring (bicyclic) bond motifs is 1. The van der Waals surface area contributed by atoms with E-state index in [0.29, 0.717) is 35.4 Å². The van der Waals surface area contributed by atoms with Crippen molar-refractivity contribution >= 4 is 33.8 Å². The number of alkyl halides is 3. The van der Waals surface area contributed by atoms with Gasteiger partial charge in [-0.1, -0.05) is 6.07 Å². The van der Waals surface area contributed by atoms with Crippen LogP contribution in [0.3, 0.4) is 0 Å². The van der Waals surface area contributed by atoms with Crippen LogP contribution in [0.15, 0.2) is 45.7 Å². The number of carbonyl (C=O) groups excluding carboxylic acids is 2. The van der Waals surface area contributed by atoms with Crippen molar-refractivity contribution < 1.29 is 27.2 Å². The van der Waals surface area contributed by atoms with Crippen LogP contribution in [-0.2, 0) is 28.9 Å². The normalized spacial score (nSPS) is 13.9. The number of benzene rings is 1. The zero-order chi connectivity index (χ0) is 22.8. The average Bonchev–Trinajstić information content (AvgIpc) is 2.72. The van der Waals surface area contributed by atoms with E-state index in [0.717, 1.165) is 18.2 Å². The molecule has 0 saturated heterocycles. The van der Waals surface area contributed by atoms with E-state index in [2.05, 4.69) is 21.2 Å². The van der Waals surface area contributed by atoms with Gasteiger partial charge in [-0.05, 0) is 46.3 Å². The Balaban J connectivity index is 1.55. The van der Waals surface area contributed by atoms with E-state index >= 15 is 0 Å². The highest BCUT2D eigenvalue weighted by atomic mass is 79.9. The van der Waals surface area contributed by atoms with Crippen LogP contribution in [0.1, 0.15) is 16.8 Å². The number of nitrogens with one attached hydrogen (secondary N) is 1. The lowest BCUT2D eigenvalue weighted by molar-refractivity contribution is -0.137. The van der Waals surface area contributed by atoms with Crippen LogP contribution >= 0.6 is 15.9 Å². The lowest BCUT2D eigenvalue weighted by atomic mass is 10.1. The molecule has 0 saturated carbocycles. The molecule has 0 unspecified atom stereocenters. The highest BCUT2D eigenvalue weighted by Gasteiger charge is 2.31. The predicted octanol–water partition coefficient (Wildman–Crippen LogP) is 2.94. The average molecular weight is 502 g/mol.